The Morgan fingerprint density at radius 3 is 2.79 bits per heavy atom. The van der Waals surface area contributed by atoms with E-state index in [4.69, 9.17) is 11.6 Å². The quantitative estimate of drug-likeness (QED) is 0.771. The number of hydrogen-bond acceptors (Lipinski definition) is 3. The lowest BCUT2D eigenvalue weighted by Crippen LogP contribution is -2.46. The number of benzene rings is 1. The number of hydrogen-bond donors (Lipinski definition) is 2. The van der Waals surface area contributed by atoms with Crippen LogP contribution in [0.25, 0.3) is 0 Å². The number of amides is 1. The Morgan fingerprint density at radius 2 is 2.07 bits per heavy atom. The molecule has 0 radical (unpaired) electrons. The van der Waals surface area contributed by atoms with Gasteiger partial charge in [-0.3, -0.25) is 9.69 Å². The molecule has 2 atom stereocenters. The molecule has 0 saturated carbocycles. The molecule has 2 aliphatic heterocycles. The molecule has 2 fully saturated rings. The Balaban J connectivity index is 1.56. The predicted octanol–water partition coefficient (Wildman–Crippen LogP) is 3.41. The summed E-state index contributed by atoms with van der Waals surface area (Å²) in [5.41, 5.74) is 0.892. The Morgan fingerprint density at radius 1 is 1.32 bits per heavy atom. The Bertz CT molecular complexity index is 679. The minimum atomic E-state index is -2.61. The van der Waals surface area contributed by atoms with Crippen LogP contribution in [0.5, 0.6) is 0 Å². The Kier molecular flexibility index (Phi) is 7.23. The van der Waals surface area contributed by atoms with Gasteiger partial charge in [0.05, 0.1) is 11.6 Å². The second-order valence-electron chi connectivity index (χ2n) is 7.82. The molecular formula is C20H27ClF3N3O. The highest BCUT2D eigenvalue weighted by Crippen LogP contribution is 2.32. The maximum absolute atomic E-state index is 13.9. The van der Waals surface area contributed by atoms with Crippen LogP contribution in [-0.2, 0) is 4.79 Å². The molecule has 2 aliphatic rings. The van der Waals surface area contributed by atoms with E-state index in [1.165, 1.54) is 6.07 Å². The van der Waals surface area contributed by atoms with Crippen molar-refractivity contribution in [2.24, 2.45) is 5.92 Å². The monoisotopic (exact) mass is 417 g/mol. The van der Waals surface area contributed by atoms with Crippen LogP contribution in [0.1, 0.15) is 37.2 Å². The maximum Gasteiger partial charge on any atom is 0.250 e. The fraction of sp³-hybridized carbons (Fsp3) is 0.650. The molecule has 3 rings (SSSR count). The molecule has 0 bridgehead atoms. The smallest absolute Gasteiger partial charge is 0.250 e. The third-order valence-electron chi connectivity index (χ3n) is 5.73. The van der Waals surface area contributed by atoms with Gasteiger partial charge in [-0.25, -0.2) is 13.2 Å². The van der Waals surface area contributed by atoms with Gasteiger partial charge in [0, 0.05) is 39.0 Å². The van der Waals surface area contributed by atoms with Gasteiger partial charge < -0.3 is 10.6 Å². The van der Waals surface area contributed by atoms with E-state index < -0.39 is 11.7 Å². The molecule has 0 spiro atoms. The lowest BCUT2D eigenvalue weighted by atomic mass is 9.83. The van der Waals surface area contributed by atoms with Gasteiger partial charge in [-0.15, -0.1) is 0 Å². The van der Waals surface area contributed by atoms with Crippen LogP contribution in [0.4, 0.5) is 13.2 Å². The number of halogens is 4. The largest absolute Gasteiger partial charge is 0.355 e. The van der Waals surface area contributed by atoms with Crippen molar-refractivity contribution in [2.75, 3.05) is 39.3 Å². The van der Waals surface area contributed by atoms with Gasteiger partial charge in [0.2, 0.25) is 5.91 Å². The van der Waals surface area contributed by atoms with Crippen LogP contribution in [-0.4, -0.2) is 56.0 Å². The van der Waals surface area contributed by atoms with E-state index in [1.54, 1.807) is 11.0 Å². The van der Waals surface area contributed by atoms with Crippen LogP contribution in [0.3, 0.4) is 0 Å². The molecule has 2 saturated heterocycles. The van der Waals surface area contributed by atoms with E-state index in [-0.39, 0.29) is 55.2 Å². The molecule has 8 heteroatoms. The molecule has 0 aliphatic carbocycles. The van der Waals surface area contributed by atoms with Crippen LogP contribution >= 0.6 is 11.6 Å². The minimum Gasteiger partial charge on any atom is -0.355 e. The van der Waals surface area contributed by atoms with E-state index in [9.17, 15) is 18.0 Å². The van der Waals surface area contributed by atoms with E-state index in [0.717, 1.165) is 31.5 Å². The van der Waals surface area contributed by atoms with E-state index in [2.05, 4.69) is 10.6 Å². The van der Waals surface area contributed by atoms with Crippen LogP contribution < -0.4 is 10.6 Å². The summed E-state index contributed by atoms with van der Waals surface area (Å²) in [6, 6.07) is 4.91. The van der Waals surface area contributed by atoms with Crippen LogP contribution in [0, 0.1) is 11.7 Å². The SMILES string of the molecule is O=C(CN1CCC(F)(F)CC1)NC[C@@H]1CNCCC[C@H]1c1ccc(Cl)c(F)c1. The Hall–Kier alpha value is -1.31. The molecular weight excluding hydrogens is 391 g/mol. The van der Waals surface area contributed by atoms with Gasteiger partial charge in [0.25, 0.3) is 5.92 Å². The normalized spacial score (nSPS) is 25.9. The first kappa shape index (κ1) is 21.4. The molecule has 0 unspecified atom stereocenters. The standard InChI is InChI=1S/C20H27ClF3N3O/c21-17-4-3-14(10-18(17)22)16-2-1-7-25-11-15(16)12-26-19(28)13-27-8-5-20(23,24)6-9-27/h3-4,10,15-16,25H,1-2,5-9,11-13H2,(H,26,28)/t15-,16-/m0/s1. The van der Waals surface area contributed by atoms with Crippen molar-refractivity contribution in [3.05, 3.63) is 34.6 Å². The lowest BCUT2D eigenvalue weighted by Gasteiger charge is -2.31. The van der Waals surface area contributed by atoms with Gasteiger partial charge in [0.15, 0.2) is 0 Å². The highest BCUT2D eigenvalue weighted by Gasteiger charge is 2.34. The summed E-state index contributed by atoms with van der Waals surface area (Å²) in [6.07, 6.45) is 1.48. The van der Waals surface area contributed by atoms with Crippen molar-refractivity contribution >= 4 is 17.5 Å². The second kappa shape index (κ2) is 9.46. The maximum atomic E-state index is 13.9. The fourth-order valence-corrected chi connectivity index (χ4v) is 4.17. The number of carbonyl (C=O) groups is 1. The van der Waals surface area contributed by atoms with Gasteiger partial charge in [-0.2, -0.15) is 0 Å². The fourth-order valence-electron chi connectivity index (χ4n) is 4.05. The lowest BCUT2D eigenvalue weighted by molar-refractivity contribution is -0.124. The first-order valence-corrected chi connectivity index (χ1v) is 10.2. The third-order valence-corrected chi connectivity index (χ3v) is 6.04. The topological polar surface area (TPSA) is 44.4 Å². The molecule has 1 aromatic carbocycles. The van der Waals surface area contributed by atoms with E-state index in [0.29, 0.717) is 6.54 Å². The van der Waals surface area contributed by atoms with Crippen molar-refractivity contribution in [3.8, 4) is 0 Å². The molecule has 156 valence electrons. The summed E-state index contributed by atoms with van der Waals surface area (Å²) in [7, 11) is 0. The van der Waals surface area contributed by atoms with Crippen molar-refractivity contribution in [1.29, 1.82) is 0 Å². The number of likely N-dealkylation sites (tertiary alicyclic amines) is 1. The average Bonchev–Trinajstić information content (AvgIpc) is 2.89. The van der Waals surface area contributed by atoms with Gasteiger partial charge in [-0.05, 0) is 48.9 Å². The first-order valence-electron chi connectivity index (χ1n) is 9.86. The highest BCUT2D eigenvalue weighted by molar-refractivity contribution is 6.30. The van der Waals surface area contributed by atoms with E-state index >= 15 is 0 Å². The number of nitrogens with zero attached hydrogens (tertiary/aromatic N) is 1. The summed E-state index contributed by atoms with van der Waals surface area (Å²) in [5.74, 6) is -2.95. The summed E-state index contributed by atoms with van der Waals surface area (Å²) >= 11 is 5.81. The number of piperidine rings is 1. The van der Waals surface area contributed by atoms with Crippen molar-refractivity contribution in [1.82, 2.24) is 15.5 Å². The van der Waals surface area contributed by atoms with Gasteiger partial charge in [-0.1, -0.05) is 17.7 Å². The first-order chi connectivity index (χ1) is 13.3. The van der Waals surface area contributed by atoms with Crippen molar-refractivity contribution < 1.29 is 18.0 Å². The molecule has 28 heavy (non-hydrogen) atoms. The highest BCUT2D eigenvalue weighted by atomic mass is 35.5. The van der Waals surface area contributed by atoms with Crippen molar-refractivity contribution in [3.63, 3.8) is 0 Å². The van der Waals surface area contributed by atoms with Crippen molar-refractivity contribution in [2.45, 2.75) is 37.5 Å². The molecule has 0 aromatic heterocycles. The summed E-state index contributed by atoms with van der Waals surface area (Å²) in [4.78, 5) is 14.1. The average molecular weight is 418 g/mol. The number of rotatable bonds is 5. The summed E-state index contributed by atoms with van der Waals surface area (Å²) in [5, 5.41) is 6.42. The molecule has 1 aromatic rings. The Labute approximate surface area is 168 Å². The number of nitrogens with one attached hydrogen (secondary N) is 2. The number of carbonyl (C=O) groups excluding carboxylic acids is 1. The second-order valence-corrected chi connectivity index (χ2v) is 8.23. The van der Waals surface area contributed by atoms with Crippen LogP contribution in [0.15, 0.2) is 18.2 Å². The van der Waals surface area contributed by atoms with Gasteiger partial charge >= 0.3 is 0 Å². The van der Waals surface area contributed by atoms with Gasteiger partial charge in [0.1, 0.15) is 5.82 Å². The van der Waals surface area contributed by atoms with Crippen LogP contribution in [0.2, 0.25) is 5.02 Å². The zero-order chi connectivity index (χ0) is 20.1. The predicted molar refractivity (Wildman–Crippen MR) is 103 cm³/mol. The molecule has 1 amide bonds. The summed E-state index contributed by atoms with van der Waals surface area (Å²) in [6.45, 7) is 2.68. The number of alkyl halides is 2. The summed E-state index contributed by atoms with van der Waals surface area (Å²) < 4.78 is 40.4. The molecule has 2 heterocycles. The molecule has 2 N–H and O–H groups in total. The minimum absolute atomic E-state index is 0.104. The molecule has 4 nitrogen and oxygen atoms in total. The zero-order valence-electron chi connectivity index (χ0n) is 15.8. The van der Waals surface area contributed by atoms with E-state index in [1.807, 2.05) is 6.07 Å². The third kappa shape index (κ3) is 5.84. The zero-order valence-corrected chi connectivity index (χ0v) is 16.6.